The van der Waals surface area contributed by atoms with Crippen molar-refractivity contribution < 1.29 is 80.9 Å². The van der Waals surface area contributed by atoms with Gasteiger partial charge < -0.3 is 79.1 Å². The molecule has 0 aliphatic carbocycles. The van der Waals surface area contributed by atoms with E-state index >= 15 is 0 Å². The molecule has 4 amide bonds. The Hall–Kier alpha value is -3.45. The van der Waals surface area contributed by atoms with Gasteiger partial charge in [0.25, 0.3) is 0 Å². The van der Waals surface area contributed by atoms with Gasteiger partial charge in [-0.3, -0.25) is 14.4 Å². The largest absolute Gasteiger partial charge is 0.460 e. The number of urea groups is 1. The van der Waals surface area contributed by atoms with Gasteiger partial charge in [0.2, 0.25) is 11.8 Å². The molecule has 0 saturated heterocycles. The number of rotatable bonds is 44. The van der Waals surface area contributed by atoms with Crippen LogP contribution in [0.25, 0.3) is 0 Å². The topological polar surface area (TPSA) is 278 Å². The van der Waals surface area contributed by atoms with E-state index in [2.05, 4.69) is 21.3 Å². The molecule has 6 N–H and O–H groups in total. The van der Waals surface area contributed by atoms with Crippen LogP contribution in [0.4, 0.5) is 4.79 Å². The van der Waals surface area contributed by atoms with E-state index in [4.69, 9.17) is 57.8 Å². The number of carbonyl (C=O) groups is 6. The fourth-order valence-electron chi connectivity index (χ4n) is 5.84. The molecule has 0 aromatic heterocycles. The van der Waals surface area contributed by atoms with Gasteiger partial charge in [0.05, 0.1) is 106 Å². The quantitative estimate of drug-likeness (QED) is 0.0331. The monoisotopic (exact) mass is 1060 g/mol. The molecule has 0 aliphatic rings. The highest BCUT2D eigenvalue weighted by molar-refractivity contribution is 5.87. The van der Waals surface area contributed by atoms with Crippen LogP contribution in [-0.4, -0.2) is 190 Å². The normalized spacial score (nSPS) is 12.5. The first kappa shape index (κ1) is 70.6. The molecule has 0 heterocycles. The third kappa shape index (κ3) is 48.8. The molecular formula is C49H94ClN5O17. The minimum absolute atomic E-state index is 0. The average Bonchev–Trinajstić information content (AvgIpc) is 3.26. The van der Waals surface area contributed by atoms with Crippen molar-refractivity contribution in [2.24, 2.45) is 5.73 Å². The molecule has 23 heteroatoms. The zero-order valence-electron chi connectivity index (χ0n) is 45.1. The number of hydrogen-bond acceptors (Lipinski definition) is 18. The second-order valence-corrected chi connectivity index (χ2v) is 19.4. The lowest BCUT2D eigenvalue weighted by Gasteiger charge is -2.27. The number of unbranched alkanes of at least 4 members (excludes halogenated alkanes) is 3. The van der Waals surface area contributed by atoms with Gasteiger partial charge in [0, 0.05) is 38.9 Å². The summed E-state index contributed by atoms with van der Waals surface area (Å²) in [5.74, 6) is -2.14. The molecular weight excluding hydrogens is 966 g/mol. The van der Waals surface area contributed by atoms with Crippen molar-refractivity contribution in [3.63, 3.8) is 0 Å². The Bertz CT molecular complexity index is 1430. The van der Waals surface area contributed by atoms with Crippen LogP contribution in [0.15, 0.2) is 0 Å². The lowest BCUT2D eigenvalue weighted by molar-refractivity contribution is -0.159. The zero-order chi connectivity index (χ0) is 53.2. The van der Waals surface area contributed by atoms with E-state index in [9.17, 15) is 28.8 Å². The van der Waals surface area contributed by atoms with Crippen molar-refractivity contribution in [3.05, 3.63) is 0 Å². The number of ether oxygens (including phenoxy) is 11. The second-order valence-electron chi connectivity index (χ2n) is 19.4. The Morgan fingerprint density at radius 1 is 0.403 bits per heavy atom. The first-order chi connectivity index (χ1) is 33.6. The fourth-order valence-corrected chi connectivity index (χ4v) is 5.84. The van der Waals surface area contributed by atoms with Crippen LogP contribution >= 0.6 is 12.4 Å². The highest BCUT2D eigenvalue weighted by Crippen LogP contribution is 2.15. The van der Waals surface area contributed by atoms with Gasteiger partial charge >= 0.3 is 23.9 Å². The molecule has 0 aromatic rings. The van der Waals surface area contributed by atoms with Gasteiger partial charge in [0.1, 0.15) is 28.9 Å². The molecule has 0 fully saturated rings. The summed E-state index contributed by atoms with van der Waals surface area (Å²) in [5.41, 5.74) is 2.94. The van der Waals surface area contributed by atoms with E-state index in [1.807, 2.05) is 0 Å². The summed E-state index contributed by atoms with van der Waals surface area (Å²) in [6.07, 6.45) is 3.68. The number of nitrogens with two attached hydrogens (primary N) is 1. The van der Waals surface area contributed by atoms with E-state index in [-0.39, 0.29) is 56.5 Å². The van der Waals surface area contributed by atoms with Crippen LogP contribution in [0.2, 0.25) is 0 Å². The molecule has 424 valence electrons. The predicted octanol–water partition coefficient (Wildman–Crippen LogP) is 3.69. The Labute approximate surface area is 435 Å². The third-order valence-electron chi connectivity index (χ3n) is 9.03. The SMILES string of the molecule is CC(C)(C)OC(=O)CC[C@H](NC(=O)N[C@@H](CCCCNC(=O)CCCCCNC(=O)CCOCCOCCOCCOCCOCCOCCOCCOCCN)C(=O)OC(C)(C)C)C(=O)OC(C)(C)C.Cl. The molecule has 0 aromatic carbocycles. The van der Waals surface area contributed by atoms with Gasteiger partial charge in [0.15, 0.2) is 0 Å². The van der Waals surface area contributed by atoms with Gasteiger partial charge in [-0.25, -0.2) is 14.4 Å². The Kier molecular flexibility index (Phi) is 43.1. The van der Waals surface area contributed by atoms with Crippen LogP contribution in [0.1, 0.15) is 127 Å². The standard InChI is InChI=1S/C49H93N5O17.ClH/c1-47(2,3)69-43(57)18-17-40(45(59)71-49(7,8)9)54-46(60)53-39(44(58)70-48(4,5)6)15-12-14-22-51-41(55)16-11-10-13-21-52-42(56)19-23-61-25-27-63-29-31-65-33-35-67-37-38-68-36-34-66-32-30-64-28-26-62-24-20-50;/h39-40H,10-38,50H2,1-9H3,(H,51,55)(H,52,56)(H2,53,54,60);1H/t39-,40-;/m0./s1. The predicted molar refractivity (Wildman–Crippen MR) is 272 cm³/mol. The van der Waals surface area contributed by atoms with Crippen LogP contribution < -0.4 is 27.0 Å². The van der Waals surface area contributed by atoms with Gasteiger partial charge in [-0.1, -0.05) is 6.42 Å². The summed E-state index contributed by atoms with van der Waals surface area (Å²) in [6.45, 7) is 24.0. The van der Waals surface area contributed by atoms with E-state index in [1.54, 1.807) is 62.3 Å². The van der Waals surface area contributed by atoms with Crippen LogP contribution in [0.3, 0.4) is 0 Å². The van der Waals surface area contributed by atoms with E-state index < -0.39 is 52.8 Å². The average molecular weight is 1060 g/mol. The van der Waals surface area contributed by atoms with Crippen molar-refractivity contribution >= 4 is 48.2 Å². The number of halogens is 1. The summed E-state index contributed by atoms with van der Waals surface area (Å²) in [7, 11) is 0. The van der Waals surface area contributed by atoms with Crippen molar-refractivity contribution in [2.45, 2.75) is 155 Å². The van der Waals surface area contributed by atoms with Crippen LogP contribution in [-0.2, 0) is 76.1 Å². The van der Waals surface area contributed by atoms with Gasteiger partial charge in [-0.2, -0.15) is 0 Å². The molecule has 0 saturated carbocycles. The summed E-state index contributed by atoms with van der Waals surface area (Å²) in [6, 6.07) is -3.05. The van der Waals surface area contributed by atoms with Crippen molar-refractivity contribution in [1.29, 1.82) is 0 Å². The molecule has 0 unspecified atom stereocenters. The molecule has 0 bridgehead atoms. The van der Waals surface area contributed by atoms with Crippen LogP contribution in [0.5, 0.6) is 0 Å². The molecule has 22 nitrogen and oxygen atoms in total. The van der Waals surface area contributed by atoms with E-state index in [1.165, 1.54) is 0 Å². The maximum Gasteiger partial charge on any atom is 0.329 e. The lowest BCUT2D eigenvalue weighted by Crippen LogP contribution is -2.53. The number of nitrogens with one attached hydrogen (secondary N) is 4. The summed E-state index contributed by atoms with van der Waals surface area (Å²) in [4.78, 5) is 76.3. The van der Waals surface area contributed by atoms with E-state index in [0.717, 1.165) is 12.8 Å². The lowest BCUT2D eigenvalue weighted by atomic mass is 10.1. The maximum atomic E-state index is 13.2. The Morgan fingerprint density at radius 3 is 1.14 bits per heavy atom. The van der Waals surface area contributed by atoms with Crippen LogP contribution in [0, 0.1) is 0 Å². The van der Waals surface area contributed by atoms with Crippen molar-refractivity contribution in [1.82, 2.24) is 21.3 Å². The highest BCUT2D eigenvalue weighted by atomic mass is 35.5. The molecule has 0 rings (SSSR count). The minimum atomic E-state index is -1.19. The first-order valence-electron chi connectivity index (χ1n) is 25.2. The third-order valence-corrected chi connectivity index (χ3v) is 9.03. The molecule has 0 radical (unpaired) electrons. The van der Waals surface area contributed by atoms with E-state index in [0.29, 0.717) is 144 Å². The van der Waals surface area contributed by atoms with Gasteiger partial charge in [-0.15, -0.1) is 12.4 Å². The number of hydrogen-bond donors (Lipinski definition) is 5. The minimum Gasteiger partial charge on any atom is -0.460 e. The smallest absolute Gasteiger partial charge is 0.329 e. The number of amides is 4. The Morgan fingerprint density at radius 2 is 0.750 bits per heavy atom. The first-order valence-corrected chi connectivity index (χ1v) is 25.2. The van der Waals surface area contributed by atoms with Crippen molar-refractivity contribution in [2.75, 3.05) is 125 Å². The molecule has 72 heavy (non-hydrogen) atoms. The molecule has 0 aliphatic heterocycles. The highest BCUT2D eigenvalue weighted by Gasteiger charge is 2.31. The number of carbonyl (C=O) groups excluding carboxylic acids is 6. The fraction of sp³-hybridized carbons (Fsp3) is 0.878. The zero-order valence-corrected chi connectivity index (χ0v) is 45.9. The summed E-state index contributed by atoms with van der Waals surface area (Å²) >= 11 is 0. The molecule has 2 atom stereocenters. The number of esters is 3. The summed E-state index contributed by atoms with van der Waals surface area (Å²) in [5, 5.41) is 10.9. The Balaban J connectivity index is 0. The summed E-state index contributed by atoms with van der Waals surface area (Å²) < 4.78 is 59.8. The molecule has 0 spiro atoms. The van der Waals surface area contributed by atoms with Crippen molar-refractivity contribution in [3.8, 4) is 0 Å². The van der Waals surface area contributed by atoms with Gasteiger partial charge in [-0.05, 0) is 101 Å². The maximum absolute atomic E-state index is 13.2. The second kappa shape index (κ2) is 43.9.